The second-order valence-corrected chi connectivity index (χ2v) is 2.41. The van der Waals surface area contributed by atoms with Gasteiger partial charge in [-0.25, -0.2) is 0 Å². The van der Waals surface area contributed by atoms with Crippen LogP contribution in [0.1, 0.15) is 0 Å². The molecule has 1 aromatic carbocycles. The minimum atomic E-state index is 0.646. The van der Waals surface area contributed by atoms with E-state index in [1.165, 1.54) is 0 Å². The van der Waals surface area contributed by atoms with Gasteiger partial charge in [-0.15, -0.1) is 5.11 Å². The van der Waals surface area contributed by atoms with Gasteiger partial charge in [0.15, 0.2) is 0 Å². The third-order valence-electron chi connectivity index (χ3n) is 1.72. The smallest absolute Gasteiger partial charge is 0.114 e. The van der Waals surface area contributed by atoms with Gasteiger partial charge in [0.2, 0.25) is 0 Å². The molecule has 60 valence electrons. The Kier molecular flexibility index (Phi) is 1.51. The zero-order chi connectivity index (χ0) is 8.39. The lowest BCUT2D eigenvalue weighted by Crippen LogP contribution is -1.63. The minimum absolute atomic E-state index is 0.646. The highest BCUT2D eigenvalue weighted by molar-refractivity contribution is 5.90. The summed E-state index contributed by atoms with van der Waals surface area (Å²) in [6, 6.07) is 7.69. The van der Waals surface area contributed by atoms with Crippen molar-refractivity contribution >= 4 is 16.6 Å². The Bertz CT molecular complexity index is 419. The number of aromatic nitrogens is 1. The highest BCUT2D eigenvalue weighted by atomic mass is 16.5. The van der Waals surface area contributed by atoms with E-state index in [-0.39, 0.29) is 0 Å². The van der Waals surface area contributed by atoms with Gasteiger partial charge in [0, 0.05) is 22.4 Å². The molecule has 1 aromatic heterocycles. The number of para-hydroxylation sites is 1. The molecule has 1 heterocycles. The fourth-order valence-electron chi connectivity index (χ4n) is 1.19. The monoisotopic (exact) mass is 161 g/mol. The molecular weight excluding hydrogens is 154 g/mol. The molecule has 0 spiro atoms. The lowest BCUT2D eigenvalue weighted by molar-refractivity contribution is 0.289. The summed E-state index contributed by atoms with van der Waals surface area (Å²) in [5, 5.41) is 15.5. The predicted octanol–water partition coefficient (Wildman–Crippen LogP) is 2.64. The van der Waals surface area contributed by atoms with Crippen LogP contribution in [0.2, 0.25) is 0 Å². The molecule has 0 aliphatic carbocycles. The van der Waals surface area contributed by atoms with Crippen LogP contribution in [-0.4, -0.2) is 10.2 Å². The molecular formula is C8H7N3O. The van der Waals surface area contributed by atoms with Crippen molar-refractivity contribution in [1.29, 1.82) is 0 Å². The van der Waals surface area contributed by atoms with Gasteiger partial charge in [0.25, 0.3) is 0 Å². The first kappa shape index (κ1) is 6.84. The number of hydrogen-bond acceptors (Lipinski definition) is 2. The van der Waals surface area contributed by atoms with Gasteiger partial charge in [0.05, 0.1) is 0 Å². The minimum Gasteiger partial charge on any atom is -0.394 e. The number of H-pyrrole nitrogens is 1. The summed E-state index contributed by atoms with van der Waals surface area (Å²) in [5.74, 6) is 0. The van der Waals surface area contributed by atoms with Gasteiger partial charge in [-0.3, -0.25) is 0 Å². The lowest BCUT2D eigenvalue weighted by atomic mass is 10.2. The van der Waals surface area contributed by atoms with Crippen molar-refractivity contribution in [3.8, 4) is 0 Å². The van der Waals surface area contributed by atoms with Crippen LogP contribution >= 0.6 is 0 Å². The van der Waals surface area contributed by atoms with Crippen molar-refractivity contribution in [2.75, 3.05) is 0 Å². The van der Waals surface area contributed by atoms with E-state index in [2.05, 4.69) is 15.4 Å². The fourth-order valence-corrected chi connectivity index (χ4v) is 1.19. The van der Waals surface area contributed by atoms with E-state index in [4.69, 9.17) is 5.21 Å². The summed E-state index contributed by atoms with van der Waals surface area (Å²) >= 11 is 0. The Morgan fingerprint density at radius 1 is 1.25 bits per heavy atom. The van der Waals surface area contributed by atoms with Crippen LogP contribution in [-0.2, 0) is 0 Å². The lowest BCUT2D eigenvalue weighted by Gasteiger charge is -1.87. The van der Waals surface area contributed by atoms with E-state index in [1.54, 1.807) is 6.20 Å². The second-order valence-electron chi connectivity index (χ2n) is 2.41. The quantitative estimate of drug-likeness (QED) is 0.490. The first-order chi connectivity index (χ1) is 5.92. The number of hydrogen-bond donors (Lipinski definition) is 2. The molecule has 12 heavy (non-hydrogen) atoms. The van der Waals surface area contributed by atoms with E-state index in [0.29, 0.717) is 5.69 Å². The van der Waals surface area contributed by atoms with Crippen LogP contribution in [0.15, 0.2) is 40.9 Å². The molecule has 0 atom stereocenters. The van der Waals surface area contributed by atoms with E-state index < -0.39 is 0 Å². The Labute approximate surface area is 68.5 Å². The first-order valence-electron chi connectivity index (χ1n) is 3.53. The number of fused-ring (bicyclic) bond motifs is 1. The highest BCUT2D eigenvalue weighted by Gasteiger charge is 1.99. The average Bonchev–Trinajstić information content (AvgIpc) is 2.50. The summed E-state index contributed by atoms with van der Waals surface area (Å²) in [6.07, 6.45) is 1.70. The maximum atomic E-state index is 8.24. The summed E-state index contributed by atoms with van der Waals surface area (Å²) < 4.78 is 0. The second kappa shape index (κ2) is 2.65. The molecule has 2 N–H and O–H groups in total. The van der Waals surface area contributed by atoms with Crippen molar-refractivity contribution < 1.29 is 5.21 Å². The zero-order valence-corrected chi connectivity index (χ0v) is 6.23. The summed E-state index contributed by atoms with van der Waals surface area (Å²) in [7, 11) is 0. The predicted molar refractivity (Wildman–Crippen MR) is 44.6 cm³/mol. The Balaban J connectivity index is 2.70. The normalized spacial score (nSPS) is 11.3. The van der Waals surface area contributed by atoms with Crippen molar-refractivity contribution in [2.45, 2.75) is 0 Å². The van der Waals surface area contributed by atoms with Crippen LogP contribution in [0.5, 0.6) is 0 Å². The molecule has 0 amide bonds. The molecule has 0 saturated carbocycles. The number of rotatable bonds is 1. The van der Waals surface area contributed by atoms with Crippen LogP contribution in [0, 0.1) is 0 Å². The summed E-state index contributed by atoms with van der Waals surface area (Å²) in [6.45, 7) is 0. The highest BCUT2D eigenvalue weighted by Crippen LogP contribution is 2.24. The molecule has 4 heteroatoms. The van der Waals surface area contributed by atoms with Gasteiger partial charge < -0.3 is 10.2 Å². The van der Waals surface area contributed by atoms with Gasteiger partial charge in [-0.05, 0) is 6.07 Å². The largest absolute Gasteiger partial charge is 0.394 e. The van der Waals surface area contributed by atoms with Crippen LogP contribution in [0.25, 0.3) is 10.9 Å². The molecule has 0 bridgehead atoms. The number of aromatic amines is 1. The Hall–Kier alpha value is -1.84. The molecule has 0 radical (unpaired) electrons. The van der Waals surface area contributed by atoms with Gasteiger partial charge in [0.1, 0.15) is 5.69 Å². The molecule has 0 fully saturated rings. The van der Waals surface area contributed by atoms with Crippen molar-refractivity contribution in [3.05, 3.63) is 30.5 Å². The number of nitrogens with zero attached hydrogens (tertiary/aromatic N) is 2. The van der Waals surface area contributed by atoms with Gasteiger partial charge >= 0.3 is 0 Å². The van der Waals surface area contributed by atoms with Crippen molar-refractivity contribution in [3.63, 3.8) is 0 Å². The molecule has 4 nitrogen and oxygen atoms in total. The molecule has 0 aliphatic heterocycles. The molecule has 0 aliphatic rings. The maximum absolute atomic E-state index is 8.24. The number of nitrogens with one attached hydrogen (secondary N) is 1. The van der Waals surface area contributed by atoms with Crippen molar-refractivity contribution in [2.24, 2.45) is 10.4 Å². The Morgan fingerprint density at radius 2 is 2.08 bits per heavy atom. The van der Waals surface area contributed by atoms with E-state index in [9.17, 15) is 0 Å². The van der Waals surface area contributed by atoms with Gasteiger partial charge in [-0.2, -0.15) is 0 Å². The number of benzene rings is 1. The zero-order valence-electron chi connectivity index (χ0n) is 6.23. The van der Waals surface area contributed by atoms with Crippen LogP contribution in [0.3, 0.4) is 0 Å². The van der Waals surface area contributed by atoms with E-state index in [1.807, 2.05) is 24.3 Å². The van der Waals surface area contributed by atoms with Crippen LogP contribution < -0.4 is 0 Å². The summed E-state index contributed by atoms with van der Waals surface area (Å²) in [4.78, 5) is 3.01. The fraction of sp³-hybridized carbons (Fsp3) is 0. The standard InChI is InChI=1S/C8H7N3O/c12-11-10-8-5-9-7-4-2-1-3-6(7)8/h1-5,9H,(H,10,12). The topological polar surface area (TPSA) is 60.7 Å². The maximum Gasteiger partial charge on any atom is 0.114 e. The average molecular weight is 161 g/mol. The SMILES string of the molecule is ON=Nc1c[nH]c2ccccc12. The van der Waals surface area contributed by atoms with Crippen LogP contribution in [0.4, 0.5) is 5.69 Å². The molecule has 2 rings (SSSR count). The molecule has 2 aromatic rings. The van der Waals surface area contributed by atoms with E-state index in [0.717, 1.165) is 10.9 Å². The summed E-state index contributed by atoms with van der Waals surface area (Å²) in [5.41, 5.74) is 1.63. The van der Waals surface area contributed by atoms with E-state index >= 15 is 0 Å². The van der Waals surface area contributed by atoms with Gasteiger partial charge in [-0.1, -0.05) is 18.2 Å². The third kappa shape index (κ3) is 0.934. The van der Waals surface area contributed by atoms with Crippen molar-refractivity contribution in [1.82, 2.24) is 4.98 Å². The molecule has 0 unspecified atom stereocenters. The molecule has 0 saturated heterocycles. The third-order valence-corrected chi connectivity index (χ3v) is 1.72. The first-order valence-corrected chi connectivity index (χ1v) is 3.53. The Morgan fingerprint density at radius 3 is 2.92 bits per heavy atom.